The quantitative estimate of drug-likeness (QED) is 0.670. The Morgan fingerprint density at radius 1 is 1.05 bits per heavy atom. The molecule has 0 radical (unpaired) electrons. The van der Waals surface area contributed by atoms with Gasteiger partial charge >= 0.3 is 0 Å². The first-order valence-corrected chi connectivity index (χ1v) is 7.06. The van der Waals surface area contributed by atoms with E-state index in [2.05, 4.69) is 11.9 Å². The van der Waals surface area contributed by atoms with Crippen LogP contribution in [0.3, 0.4) is 0 Å². The fourth-order valence-electron chi connectivity index (χ4n) is 2.38. The number of pyridine rings is 1. The third-order valence-corrected chi connectivity index (χ3v) is 3.52. The molecule has 0 unspecified atom stereocenters. The lowest BCUT2D eigenvalue weighted by molar-refractivity contribution is 0.468. The molecule has 2 aromatic carbocycles. The summed E-state index contributed by atoms with van der Waals surface area (Å²) in [5, 5.41) is 8.87. The van der Waals surface area contributed by atoms with Crippen molar-refractivity contribution in [2.45, 2.75) is 20.3 Å². The van der Waals surface area contributed by atoms with Crippen LogP contribution in [0.15, 0.2) is 48.5 Å². The number of fused-ring (bicyclic) bond motifs is 1. The van der Waals surface area contributed by atoms with Gasteiger partial charge in [0.1, 0.15) is 17.2 Å². The van der Waals surface area contributed by atoms with E-state index in [1.807, 2.05) is 55.5 Å². The summed E-state index contributed by atoms with van der Waals surface area (Å²) in [4.78, 5) is 4.55. The normalized spacial score (nSPS) is 10.8. The van der Waals surface area contributed by atoms with E-state index in [1.165, 1.54) is 0 Å². The minimum absolute atomic E-state index is 0.460. The van der Waals surface area contributed by atoms with Crippen molar-refractivity contribution in [3.8, 4) is 17.2 Å². The minimum atomic E-state index is 0.460. The summed E-state index contributed by atoms with van der Waals surface area (Å²) in [5.41, 5.74) is 2.86. The standard InChI is InChI=1S/C18H17NO2/c1-3-13-9-16(21-15-7-5-4-6-8-15)10-14-11-17(20)12(2)19-18(13)14/h4-11,20H,3H2,1-2H3/p+1. The summed E-state index contributed by atoms with van der Waals surface area (Å²) < 4.78 is 5.91. The molecule has 0 bridgehead atoms. The van der Waals surface area contributed by atoms with Crippen LogP contribution in [0.5, 0.6) is 17.2 Å². The van der Waals surface area contributed by atoms with E-state index in [0.29, 0.717) is 5.75 Å². The van der Waals surface area contributed by atoms with E-state index >= 15 is 0 Å². The van der Waals surface area contributed by atoms with Crippen LogP contribution < -0.4 is 4.74 Å². The molecule has 0 spiro atoms. The molecule has 0 fully saturated rings. The summed E-state index contributed by atoms with van der Waals surface area (Å²) >= 11 is 0. The van der Waals surface area contributed by atoms with Crippen molar-refractivity contribution in [1.29, 1.82) is 0 Å². The number of hydrogen-bond acceptors (Lipinski definition) is 2. The van der Waals surface area contributed by atoms with Gasteiger partial charge in [-0.25, -0.2) is 4.98 Å². The molecule has 3 nitrogen and oxygen atoms in total. The van der Waals surface area contributed by atoms with Crippen molar-refractivity contribution >= 4 is 10.9 Å². The Balaban J connectivity index is 2.10. The van der Waals surface area contributed by atoms with Gasteiger partial charge < -0.3 is 9.84 Å². The number of ether oxygens (including phenoxy) is 1. The summed E-state index contributed by atoms with van der Waals surface area (Å²) in [6.45, 7) is 3.97. The molecule has 0 saturated carbocycles. The second kappa shape index (κ2) is 5.44. The molecule has 1 heterocycles. The Morgan fingerprint density at radius 2 is 1.81 bits per heavy atom. The van der Waals surface area contributed by atoms with Crippen LogP contribution in [0.25, 0.3) is 10.9 Å². The van der Waals surface area contributed by atoms with Gasteiger partial charge in [-0.15, -0.1) is 0 Å². The molecule has 0 aliphatic carbocycles. The van der Waals surface area contributed by atoms with Gasteiger partial charge in [-0.3, -0.25) is 0 Å². The third kappa shape index (κ3) is 2.68. The van der Waals surface area contributed by atoms with Gasteiger partial charge in [-0.1, -0.05) is 25.1 Å². The van der Waals surface area contributed by atoms with Crippen LogP contribution in [-0.4, -0.2) is 10.1 Å². The largest absolute Gasteiger partial charge is 0.592 e. The lowest BCUT2D eigenvalue weighted by Crippen LogP contribution is -1.93. The summed E-state index contributed by atoms with van der Waals surface area (Å²) in [6.07, 6.45) is 0.881. The molecular weight excluding hydrogens is 262 g/mol. The maximum absolute atomic E-state index is 7.92. The first-order chi connectivity index (χ1) is 10.2. The van der Waals surface area contributed by atoms with Crippen molar-refractivity contribution in [3.63, 3.8) is 0 Å². The number of rotatable bonds is 3. The molecule has 0 atom stereocenters. The van der Waals surface area contributed by atoms with Gasteiger partial charge in [-0.05, 0) is 43.2 Å². The Kier molecular flexibility index (Phi) is 3.48. The highest BCUT2D eigenvalue weighted by Gasteiger charge is 2.11. The molecular formula is C18H18NO2+. The summed E-state index contributed by atoms with van der Waals surface area (Å²) in [5.74, 6) is 2.06. The van der Waals surface area contributed by atoms with E-state index in [9.17, 15) is 0 Å². The summed E-state index contributed by atoms with van der Waals surface area (Å²) in [6, 6.07) is 15.6. The van der Waals surface area contributed by atoms with Gasteiger partial charge in [0.05, 0.1) is 5.52 Å². The average Bonchev–Trinajstić information content (AvgIpc) is 2.49. The number of aryl methyl sites for hydroxylation is 2. The van der Waals surface area contributed by atoms with Crippen LogP contribution in [0, 0.1) is 6.92 Å². The Morgan fingerprint density at radius 3 is 2.52 bits per heavy atom. The van der Waals surface area contributed by atoms with Crippen molar-refractivity contribution in [2.75, 3.05) is 0 Å². The number of para-hydroxylation sites is 1. The zero-order valence-corrected chi connectivity index (χ0v) is 12.2. The zero-order chi connectivity index (χ0) is 14.8. The molecule has 0 aliphatic heterocycles. The highest BCUT2D eigenvalue weighted by Crippen LogP contribution is 2.31. The fourth-order valence-corrected chi connectivity index (χ4v) is 2.38. The SMILES string of the molecule is CCc1cc(Oc2ccccc2)cc2cc([OH2+])c(C)nc12. The Hall–Kier alpha value is -2.55. The van der Waals surface area contributed by atoms with Crippen LogP contribution >= 0.6 is 0 Å². The van der Waals surface area contributed by atoms with Gasteiger partial charge in [0.2, 0.25) is 0 Å². The summed E-state index contributed by atoms with van der Waals surface area (Å²) in [7, 11) is 0. The van der Waals surface area contributed by atoms with Gasteiger partial charge in [-0.2, -0.15) is 0 Å². The van der Waals surface area contributed by atoms with Crippen LogP contribution in [0.4, 0.5) is 0 Å². The number of hydrogen-bond donors (Lipinski definition) is 0. The van der Waals surface area contributed by atoms with Crippen LogP contribution in [0.2, 0.25) is 0 Å². The lowest BCUT2D eigenvalue weighted by Gasteiger charge is -2.10. The van der Waals surface area contributed by atoms with Crippen molar-refractivity contribution in [1.82, 2.24) is 4.98 Å². The van der Waals surface area contributed by atoms with E-state index in [0.717, 1.165) is 40.1 Å². The molecule has 0 aliphatic rings. The number of nitrogens with zero attached hydrogens (tertiary/aromatic N) is 1. The van der Waals surface area contributed by atoms with E-state index < -0.39 is 0 Å². The van der Waals surface area contributed by atoms with Gasteiger partial charge in [0.25, 0.3) is 5.75 Å². The molecule has 0 saturated heterocycles. The maximum Gasteiger partial charge on any atom is 0.276 e. The average molecular weight is 280 g/mol. The minimum Gasteiger partial charge on any atom is -0.592 e. The first kappa shape index (κ1) is 13.4. The lowest BCUT2D eigenvalue weighted by atomic mass is 10.1. The number of benzene rings is 2. The predicted octanol–water partition coefficient (Wildman–Crippen LogP) is 4.34. The molecule has 3 heteroatoms. The second-order valence-corrected chi connectivity index (χ2v) is 5.04. The highest BCUT2D eigenvalue weighted by atomic mass is 16.5. The van der Waals surface area contributed by atoms with Gasteiger partial charge in [0.15, 0.2) is 0 Å². The Bertz CT molecular complexity index is 782. The molecule has 3 rings (SSSR count). The molecule has 106 valence electrons. The van der Waals surface area contributed by atoms with Crippen molar-refractivity contribution in [3.05, 3.63) is 59.8 Å². The molecule has 1 aromatic heterocycles. The highest BCUT2D eigenvalue weighted by molar-refractivity contribution is 5.85. The van der Waals surface area contributed by atoms with E-state index in [4.69, 9.17) is 9.84 Å². The maximum atomic E-state index is 7.92. The Labute approximate surface area is 123 Å². The molecule has 0 amide bonds. The monoisotopic (exact) mass is 280 g/mol. The zero-order valence-electron chi connectivity index (χ0n) is 12.2. The number of aromatic nitrogens is 1. The molecule has 2 N–H and O–H groups in total. The molecule has 21 heavy (non-hydrogen) atoms. The smallest absolute Gasteiger partial charge is 0.276 e. The topological polar surface area (TPSA) is 45.0 Å². The first-order valence-electron chi connectivity index (χ1n) is 7.06. The molecule has 3 aromatic rings. The van der Waals surface area contributed by atoms with E-state index in [1.54, 1.807) is 0 Å². The van der Waals surface area contributed by atoms with Crippen LogP contribution in [0.1, 0.15) is 18.2 Å². The third-order valence-electron chi connectivity index (χ3n) is 3.52. The van der Waals surface area contributed by atoms with Crippen LogP contribution in [-0.2, 0) is 6.42 Å². The van der Waals surface area contributed by atoms with Crippen molar-refractivity contribution < 1.29 is 9.84 Å². The second-order valence-electron chi connectivity index (χ2n) is 5.04. The fraction of sp³-hybridized carbons (Fsp3) is 0.167. The van der Waals surface area contributed by atoms with Gasteiger partial charge in [0, 0.05) is 11.5 Å². The van der Waals surface area contributed by atoms with E-state index in [-0.39, 0.29) is 0 Å². The van der Waals surface area contributed by atoms with Crippen molar-refractivity contribution in [2.24, 2.45) is 0 Å². The predicted molar refractivity (Wildman–Crippen MR) is 85.4 cm³/mol.